The molecule has 32 heavy (non-hydrogen) atoms. The third kappa shape index (κ3) is 3.62. The Balaban J connectivity index is 1.32. The zero-order chi connectivity index (χ0) is 22.3. The molecule has 2 aromatic carbocycles. The van der Waals surface area contributed by atoms with E-state index in [1.165, 1.54) is 6.07 Å². The highest BCUT2D eigenvalue weighted by Crippen LogP contribution is 2.54. The van der Waals surface area contributed by atoms with Crippen molar-refractivity contribution in [1.82, 2.24) is 14.8 Å². The molecule has 0 bridgehead atoms. The fraction of sp³-hybridized carbons (Fsp3) is 0.320. The summed E-state index contributed by atoms with van der Waals surface area (Å²) in [6.07, 6.45) is 4.42. The molecule has 1 saturated carbocycles. The maximum Gasteiger partial charge on any atom is 0.243 e. The number of amides is 2. The Morgan fingerprint density at radius 2 is 1.97 bits per heavy atom. The average Bonchev–Trinajstić information content (AvgIpc) is 3.25. The van der Waals surface area contributed by atoms with Gasteiger partial charge in [0.05, 0.1) is 17.1 Å². The monoisotopic (exact) mass is 430 g/mol. The van der Waals surface area contributed by atoms with Gasteiger partial charge >= 0.3 is 0 Å². The van der Waals surface area contributed by atoms with Crippen molar-refractivity contribution in [2.24, 2.45) is 5.41 Å². The molecule has 6 nitrogen and oxygen atoms in total. The van der Waals surface area contributed by atoms with Crippen molar-refractivity contribution in [3.05, 3.63) is 71.7 Å². The van der Waals surface area contributed by atoms with Crippen LogP contribution in [0.1, 0.15) is 30.4 Å². The van der Waals surface area contributed by atoms with Gasteiger partial charge in [-0.25, -0.2) is 4.39 Å². The Hall–Kier alpha value is -3.66. The van der Waals surface area contributed by atoms with Gasteiger partial charge in [-0.2, -0.15) is 5.26 Å². The van der Waals surface area contributed by atoms with Crippen molar-refractivity contribution >= 4 is 22.7 Å². The molecule has 1 aromatic heterocycles. The Kier molecular flexibility index (Phi) is 4.93. The molecule has 1 spiro atoms. The van der Waals surface area contributed by atoms with Crippen LogP contribution in [0.5, 0.6) is 0 Å². The van der Waals surface area contributed by atoms with Crippen LogP contribution in [0.4, 0.5) is 4.39 Å². The van der Waals surface area contributed by atoms with E-state index in [-0.39, 0.29) is 36.1 Å². The predicted octanol–water partition coefficient (Wildman–Crippen LogP) is 3.35. The summed E-state index contributed by atoms with van der Waals surface area (Å²) < 4.78 is 15.7. The van der Waals surface area contributed by atoms with E-state index in [1.54, 1.807) is 46.0 Å². The Labute approximate surface area is 185 Å². The smallest absolute Gasteiger partial charge is 0.243 e. The Morgan fingerprint density at radius 3 is 2.75 bits per heavy atom. The SMILES string of the molecule is N#Cc1ccccc1CNC(=O)[C@@H]1CC2(CC2)CN1C(=O)Cn1ccc2c(F)cccc21. The second kappa shape index (κ2) is 7.79. The largest absolute Gasteiger partial charge is 0.350 e. The van der Waals surface area contributed by atoms with E-state index in [9.17, 15) is 19.2 Å². The molecule has 1 aliphatic heterocycles. The first-order valence-corrected chi connectivity index (χ1v) is 10.8. The molecular weight excluding hydrogens is 407 g/mol. The van der Waals surface area contributed by atoms with Gasteiger partial charge in [-0.05, 0) is 54.5 Å². The summed E-state index contributed by atoms with van der Waals surface area (Å²) in [6, 6.07) is 15.2. The van der Waals surface area contributed by atoms with E-state index >= 15 is 0 Å². The minimum absolute atomic E-state index is 0.0487. The Bertz CT molecular complexity index is 1250. The maximum atomic E-state index is 14.0. The summed E-state index contributed by atoms with van der Waals surface area (Å²) in [4.78, 5) is 28.0. The molecule has 2 fully saturated rings. The van der Waals surface area contributed by atoms with Gasteiger partial charge in [-0.3, -0.25) is 9.59 Å². The first-order chi connectivity index (χ1) is 15.5. The van der Waals surface area contributed by atoms with E-state index in [0.29, 0.717) is 29.4 Å². The lowest BCUT2D eigenvalue weighted by atomic mass is 10.0. The van der Waals surface area contributed by atoms with E-state index < -0.39 is 6.04 Å². The molecule has 0 radical (unpaired) electrons. The molecule has 2 amide bonds. The number of carbonyl (C=O) groups excluding carboxylic acids is 2. The zero-order valence-electron chi connectivity index (χ0n) is 17.6. The number of nitriles is 1. The van der Waals surface area contributed by atoms with Gasteiger partial charge in [-0.15, -0.1) is 0 Å². The van der Waals surface area contributed by atoms with Crippen LogP contribution in [0.15, 0.2) is 54.7 Å². The second-order valence-corrected chi connectivity index (χ2v) is 8.84. The molecule has 1 N–H and O–H groups in total. The summed E-state index contributed by atoms with van der Waals surface area (Å²) in [5.41, 5.74) is 1.99. The quantitative estimate of drug-likeness (QED) is 0.674. The number of carbonyl (C=O) groups is 2. The van der Waals surface area contributed by atoms with E-state index in [2.05, 4.69) is 11.4 Å². The number of likely N-dealkylation sites (tertiary alicyclic amines) is 1. The molecule has 3 aromatic rings. The standard InChI is InChI=1S/C25H23FN4O2/c26-20-6-3-7-21-19(20)8-11-29(21)15-23(31)30-16-25(9-10-25)12-22(30)24(32)28-14-18-5-2-1-4-17(18)13-27/h1-8,11,22H,9-10,12,14-16H2,(H,28,32)/t22-/m0/s1. The van der Waals surface area contributed by atoms with Crippen LogP contribution >= 0.6 is 0 Å². The molecule has 162 valence electrons. The van der Waals surface area contributed by atoms with E-state index in [1.807, 2.05) is 12.1 Å². The summed E-state index contributed by atoms with van der Waals surface area (Å²) in [7, 11) is 0. The van der Waals surface area contributed by atoms with Gasteiger partial charge in [0.15, 0.2) is 0 Å². The zero-order valence-corrected chi connectivity index (χ0v) is 17.6. The van der Waals surface area contributed by atoms with Crippen molar-refractivity contribution in [3.8, 4) is 6.07 Å². The fourth-order valence-corrected chi connectivity index (χ4v) is 4.74. The van der Waals surface area contributed by atoms with Crippen molar-refractivity contribution in [2.75, 3.05) is 6.54 Å². The number of fused-ring (bicyclic) bond motifs is 1. The number of benzene rings is 2. The molecule has 1 atom stereocenters. The van der Waals surface area contributed by atoms with E-state index in [0.717, 1.165) is 18.4 Å². The minimum atomic E-state index is -0.530. The number of hydrogen-bond donors (Lipinski definition) is 1. The average molecular weight is 430 g/mol. The number of hydrogen-bond acceptors (Lipinski definition) is 3. The van der Waals surface area contributed by atoms with Crippen LogP contribution in [-0.2, 0) is 22.7 Å². The maximum absolute atomic E-state index is 14.0. The van der Waals surface area contributed by atoms with Gasteiger partial charge < -0.3 is 14.8 Å². The lowest BCUT2D eigenvalue weighted by Gasteiger charge is -2.24. The van der Waals surface area contributed by atoms with Crippen molar-refractivity contribution < 1.29 is 14.0 Å². The van der Waals surface area contributed by atoms with Gasteiger partial charge in [-0.1, -0.05) is 24.3 Å². The number of halogens is 1. The molecule has 5 rings (SSSR count). The van der Waals surface area contributed by atoms with Gasteiger partial charge in [0.25, 0.3) is 0 Å². The van der Waals surface area contributed by atoms with Crippen LogP contribution in [0, 0.1) is 22.6 Å². The molecule has 0 unspecified atom stereocenters. The highest BCUT2D eigenvalue weighted by molar-refractivity contribution is 5.89. The summed E-state index contributed by atoms with van der Waals surface area (Å²) >= 11 is 0. The Morgan fingerprint density at radius 1 is 1.16 bits per heavy atom. The molecule has 1 saturated heterocycles. The van der Waals surface area contributed by atoms with Crippen LogP contribution in [0.2, 0.25) is 0 Å². The molecule has 7 heteroatoms. The molecule has 1 aliphatic carbocycles. The third-order valence-corrected chi connectivity index (χ3v) is 6.75. The number of nitrogens with one attached hydrogen (secondary N) is 1. The molecule has 2 heterocycles. The first-order valence-electron chi connectivity index (χ1n) is 10.8. The summed E-state index contributed by atoms with van der Waals surface area (Å²) in [6.45, 7) is 0.881. The summed E-state index contributed by atoms with van der Waals surface area (Å²) in [5.74, 6) is -0.659. The topological polar surface area (TPSA) is 78.1 Å². The third-order valence-electron chi connectivity index (χ3n) is 6.75. The number of nitrogens with zero attached hydrogens (tertiary/aromatic N) is 3. The molecule has 2 aliphatic rings. The van der Waals surface area contributed by atoms with Crippen molar-refractivity contribution in [2.45, 2.75) is 38.4 Å². The van der Waals surface area contributed by atoms with Crippen LogP contribution in [0.25, 0.3) is 10.9 Å². The van der Waals surface area contributed by atoms with Crippen molar-refractivity contribution in [3.63, 3.8) is 0 Å². The predicted molar refractivity (Wildman–Crippen MR) is 117 cm³/mol. The molecular formula is C25H23FN4O2. The highest BCUT2D eigenvalue weighted by atomic mass is 19.1. The summed E-state index contributed by atoms with van der Waals surface area (Å²) in [5, 5.41) is 12.7. The van der Waals surface area contributed by atoms with E-state index in [4.69, 9.17) is 0 Å². The van der Waals surface area contributed by atoms with Crippen LogP contribution in [-0.4, -0.2) is 33.9 Å². The van der Waals surface area contributed by atoms with Crippen molar-refractivity contribution in [1.29, 1.82) is 5.26 Å². The van der Waals surface area contributed by atoms with Gasteiger partial charge in [0.1, 0.15) is 18.4 Å². The van der Waals surface area contributed by atoms with Crippen LogP contribution < -0.4 is 5.32 Å². The first kappa shape index (κ1) is 20.3. The minimum Gasteiger partial charge on any atom is -0.350 e. The lowest BCUT2D eigenvalue weighted by molar-refractivity contribution is -0.139. The number of aromatic nitrogens is 1. The van der Waals surface area contributed by atoms with Gasteiger partial charge in [0, 0.05) is 24.7 Å². The highest BCUT2D eigenvalue weighted by Gasteiger charge is 2.55. The number of rotatable bonds is 5. The normalized spacial score (nSPS) is 18.6. The lowest BCUT2D eigenvalue weighted by Crippen LogP contribution is -2.46. The van der Waals surface area contributed by atoms with Gasteiger partial charge in [0.2, 0.25) is 11.8 Å². The second-order valence-electron chi connectivity index (χ2n) is 8.84. The van der Waals surface area contributed by atoms with Crippen LogP contribution in [0.3, 0.4) is 0 Å². The fourth-order valence-electron chi connectivity index (χ4n) is 4.74.